The summed E-state index contributed by atoms with van der Waals surface area (Å²) in [6.07, 6.45) is 5.35. The fourth-order valence-electron chi connectivity index (χ4n) is 2.04. The van der Waals surface area contributed by atoms with Crippen molar-refractivity contribution in [3.63, 3.8) is 0 Å². The van der Waals surface area contributed by atoms with E-state index in [-0.39, 0.29) is 11.9 Å². The zero-order valence-electron chi connectivity index (χ0n) is 9.49. The van der Waals surface area contributed by atoms with Gasteiger partial charge >= 0.3 is 0 Å². The zero-order chi connectivity index (χ0) is 11.5. The van der Waals surface area contributed by atoms with E-state index in [0.717, 1.165) is 30.8 Å². The first kappa shape index (κ1) is 11.1. The molecule has 2 rings (SSSR count). The molecule has 0 saturated heterocycles. The average molecular weight is 220 g/mol. The van der Waals surface area contributed by atoms with Gasteiger partial charge in [0.2, 0.25) is 0 Å². The maximum absolute atomic E-state index is 13.2. The third-order valence-electron chi connectivity index (χ3n) is 2.88. The van der Waals surface area contributed by atoms with Crippen LogP contribution in [0.25, 0.3) is 0 Å². The van der Waals surface area contributed by atoms with Crippen LogP contribution < -0.4 is 10.6 Å². The normalized spacial score (nSPS) is 17.6. The highest BCUT2D eigenvalue weighted by molar-refractivity contribution is 5.56. The van der Waals surface area contributed by atoms with Crippen LogP contribution in [0.3, 0.4) is 0 Å². The molecule has 0 aromatic heterocycles. The van der Waals surface area contributed by atoms with Gasteiger partial charge in [-0.3, -0.25) is 0 Å². The van der Waals surface area contributed by atoms with Crippen molar-refractivity contribution >= 4 is 5.69 Å². The smallest absolute Gasteiger partial charge is 0.123 e. The molecule has 0 saturated carbocycles. The van der Waals surface area contributed by atoms with Gasteiger partial charge in [0, 0.05) is 24.8 Å². The minimum Gasteiger partial charge on any atom is -0.367 e. The summed E-state index contributed by atoms with van der Waals surface area (Å²) < 4.78 is 13.2. The summed E-state index contributed by atoms with van der Waals surface area (Å²) >= 11 is 0. The minimum absolute atomic E-state index is 0.142. The molecule has 1 aromatic carbocycles. The number of rotatable bonds is 2. The Morgan fingerprint density at radius 3 is 2.81 bits per heavy atom. The van der Waals surface area contributed by atoms with Crippen LogP contribution in [0.5, 0.6) is 0 Å². The first-order valence-corrected chi connectivity index (χ1v) is 5.63. The van der Waals surface area contributed by atoms with E-state index < -0.39 is 0 Å². The molecule has 0 fully saturated rings. The molecular weight excluding hydrogens is 203 g/mol. The van der Waals surface area contributed by atoms with E-state index in [4.69, 9.17) is 5.73 Å². The van der Waals surface area contributed by atoms with Gasteiger partial charge in [-0.15, -0.1) is 0 Å². The molecule has 2 N–H and O–H groups in total. The van der Waals surface area contributed by atoms with Crippen molar-refractivity contribution in [3.05, 3.63) is 41.7 Å². The van der Waals surface area contributed by atoms with Crippen LogP contribution in [0.4, 0.5) is 10.1 Å². The Balaban J connectivity index is 2.35. The SMILES string of the molecule is C[C@@H](N)c1cc(F)ccc1N1CC=CCC1. The fraction of sp³-hybridized carbons (Fsp3) is 0.385. The van der Waals surface area contributed by atoms with Crippen LogP contribution in [-0.4, -0.2) is 13.1 Å². The third-order valence-corrected chi connectivity index (χ3v) is 2.88. The molecular formula is C13H17FN2. The lowest BCUT2D eigenvalue weighted by Gasteiger charge is -2.28. The lowest BCUT2D eigenvalue weighted by atomic mass is 10.0. The van der Waals surface area contributed by atoms with E-state index in [9.17, 15) is 4.39 Å². The van der Waals surface area contributed by atoms with Gasteiger partial charge in [0.05, 0.1) is 0 Å². The number of halogens is 1. The van der Waals surface area contributed by atoms with E-state index in [1.54, 1.807) is 6.07 Å². The summed E-state index contributed by atoms with van der Waals surface area (Å²) in [7, 11) is 0. The van der Waals surface area contributed by atoms with Crippen LogP contribution in [-0.2, 0) is 0 Å². The molecule has 1 aliphatic rings. The highest BCUT2D eigenvalue weighted by Crippen LogP contribution is 2.27. The van der Waals surface area contributed by atoms with Gasteiger partial charge in [-0.1, -0.05) is 12.2 Å². The number of benzene rings is 1. The number of nitrogens with two attached hydrogens (primary N) is 1. The number of hydrogen-bond donors (Lipinski definition) is 1. The van der Waals surface area contributed by atoms with E-state index in [0.29, 0.717) is 0 Å². The van der Waals surface area contributed by atoms with Crippen LogP contribution in [0, 0.1) is 5.82 Å². The molecule has 0 unspecified atom stereocenters. The van der Waals surface area contributed by atoms with Crippen LogP contribution >= 0.6 is 0 Å². The monoisotopic (exact) mass is 220 g/mol. The summed E-state index contributed by atoms with van der Waals surface area (Å²) in [5, 5.41) is 0. The molecule has 1 heterocycles. The Morgan fingerprint density at radius 2 is 2.19 bits per heavy atom. The van der Waals surface area contributed by atoms with Gasteiger partial charge < -0.3 is 10.6 Å². The molecule has 16 heavy (non-hydrogen) atoms. The van der Waals surface area contributed by atoms with E-state index >= 15 is 0 Å². The highest BCUT2D eigenvalue weighted by Gasteiger charge is 2.14. The Bertz CT molecular complexity index is 399. The van der Waals surface area contributed by atoms with Crippen LogP contribution in [0.15, 0.2) is 30.4 Å². The molecule has 1 atom stereocenters. The van der Waals surface area contributed by atoms with Gasteiger partial charge in [-0.05, 0) is 37.1 Å². The maximum Gasteiger partial charge on any atom is 0.123 e. The molecule has 86 valence electrons. The van der Waals surface area contributed by atoms with Crippen molar-refractivity contribution < 1.29 is 4.39 Å². The van der Waals surface area contributed by atoms with Crippen LogP contribution in [0.2, 0.25) is 0 Å². The van der Waals surface area contributed by atoms with Gasteiger partial charge in [0.15, 0.2) is 0 Å². The molecule has 0 radical (unpaired) electrons. The fourth-order valence-corrected chi connectivity index (χ4v) is 2.04. The summed E-state index contributed by atoms with van der Waals surface area (Å²) in [5.41, 5.74) is 7.82. The first-order valence-electron chi connectivity index (χ1n) is 5.63. The Labute approximate surface area is 95.6 Å². The predicted octanol–water partition coefficient (Wildman–Crippen LogP) is 2.61. The first-order chi connectivity index (χ1) is 7.68. The zero-order valence-corrected chi connectivity index (χ0v) is 9.49. The lowest BCUT2D eigenvalue weighted by molar-refractivity contribution is 0.621. The number of anilines is 1. The van der Waals surface area contributed by atoms with E-state index in [1.807, 2.05) is 13.0 Å². The molecule has 2 nitrogen and oxygen atoms in total. The quantitative estimate of drug-likeness (QED) is 0.776. The van der Waals surface area contributed by atoms with Gasteiger partial charge in [0.1, 0.15) is 5.82 Å². The number of nitrogens with zero attached hydrogens (tertiary/aromatic N) is 1. The largest absolute Gasteiger partial charge is 0.367 e. The van der Waals surface area contributed by atoms with Crippen molar-refractivity contribution in [2.24, 2.45) is 5.73 Å². The van der Waals surface area contributed by atoms with Crippen LogP contribution in [0.1, 0.15) is 24.9 Å². The van der Waals surface area contributed by atoms with E-state index in [1.165, 1.54) is 6.07 Å². The predicted molar refractivity (Wildman–Crippen MR) is 65.0 cm³/mol. The number of hydrogen-bond acceptors (Lipinski definition) is 2. The van der Waals surface area contributed by atoms with Gasteiger partial charge in [0.25, 0.3) is 0 Å². The Hall–Kier alpha value is -1.35. The third kappa shape index (κ3) is 2.25. The second kappa shape index (κ2) is 4.66. The summed E-state index contributed by atoms with van der Waals surface area (Å²) in [6.45, 7) is 3.74. The molecule has 0 spiro atoms. The Morgan fingerprint density at radius 1 is 1.38 bits per heavy atom. The van der Waals surface area contributed by atoms with Crippen molar-refractivity contribution in [2.45, 2.75) is 19.4 Å². The maximum atomic E-state index is 13.2. The van der Waals surface area contributed by atoms with Crippen molar-refractivity contribution in [1.29, 1.82) is 0 Å². The molecule has 1 aliphatic heterocycles. The topological polar surface area (TPSA) is 29.3 Å². The summed E-state index contributed by atoms with van der Waals surface area (Å²) in [5.74, 6) is -0.219. The Kier molecular flexibility index (Phi) is 3.25. The molecule has 1 aromatic rings. The average Bonchev–Trinajstić information content (AvgIpc) is 2.30. The minimum atomic E-state index is -0.219. The van der Waals surface area contributed by atoms with E-state index in [2.05, 4.69) is 17.1 Å². The highest BCUT2D eigenvalue weighted by atomic mass is 19.1. The van der Waals surface area contributed by atoms with Gasteiger partial charge in [-0.2, -0.15) is 0 Å². The second-order valence-corrected chi connectivity index (χ2v) is 4.20. The molecule has 0 aliphatic carbocycles. The van der Waals surface area contributed by atoms with Gasteiger partial charge in [-0.25, -0.2) is 4.39 Å². The standard InChI is InChI=1S/C13H17FN2/c1-10(15)12-9-11(14)5-6-13(12)16-7-3-2-4-8-16/h2-3,5-6,9-10H,4,7-8,15H2,1H3/t10-/m1/s1. The lowest BCUT2D eigenvalue weighted by Crippen LogP contribution is -2.28. The second-order valence-electron chi connectivity index (χ2n) is 4.20. The summed E-state index contributed by atoms with van der Waals surface area (Å²) in [6, 6.07) is 4.72. The molecule has 0 amide bonds. The molecule has 0 bridgehead atoms. The van der Waals surface area contributed by atoms with Crippen molar-refractivity contribution in [3.8, 4) is 0 Å². The molecule has 3 heteroatoms. The van der Waals surface area contributed by atoms with Crippen molar-refractivity contribution in [2.75, 3.05) is 18.0 Å². The van der Waals surface area contributed by atoms with Crippen molar-refractivity contribution in [1.82, 2.24) is 0 Å². The summed E-state index contributed by atoms with van der Waals surface area (Å²) in [4.78, 5) is 2.23.